The number of likely N-dealkylation sites (tertiary alicyclic amines) is 1. The maximum absolute atomic E-state index is 14.1. The molecule has 1 aromatic heterocycles. The van der Waals surface area contributed by atoms with E-state index in [-0.39, 0.29) is 12.0 Å². The van der Waals surface area contributed by atoms with Crippen molar-refractivity contribution < 1.29 is 37.9 Å². The number of aromatic nitrogens is 1. The lowest BCUT2D eigenvalue weighted by molar-refractivity contribution is -0.142. The molecule has 2 heterocycles. The van der Waals surface area contributed by atoms with Crippen molar-refractivity contribution in [1.82, 2.24) is 20.5 Å². The van der Waals surface area contributed by atoms with Crippen LogP contribution in [0.15, 0.2) is 18.3 Å². The Kier molecular flexibility index (Phi) is 7.38. The average molecular weight is 478 g/mol. The van der Waals surface area contributed by atoms with Crippen LogP contribution >= 0.6 is 0 Å². The van der Waals surface area contributed by atoms with Crippen LogP contribution in [0.25, 0.3) is 6.08 Å². The number of pyridine rings is 1. The van der Waals surface area contributed by atoms with Gasteiger partial charge in [-0.3, -0.25) is 24.2 Å². The summed E-state index contributed by atoms with van der Waals surface area (Å²) in [6.07, 6.45) is 5.02. The van der Waals surface area contributed by atoms with E-state index in [0.717, 1.165) is 12.0 Å². The lowest BCUT2D eigenvalue weighted by atomic mass is 9.96. The highest BCUT2D eigenvalue weighted by Crippen LogP contribution is 2.32. The molecule has 2 aliphatic rings. The van der Waals surface area contributed by atoms with Crippen molar-refractivity contribution in [2.45, 2.75) is 56.7 Å². The first-order valence-electron chi connectivity index (χ1n) is 10.6. The summed E-state index contributed by atoms with van der Waals surface area (Å²) in [4.78, 5) is 64.8. The Morgan fingerprint density at radius 2 is 2.06 bits per heavy atom. The van der Waals surface area contributed by atoms with Crippen LogP contribution in [-0.4, -0.2) is 75.6 Å². The van der Waals surface area contributed by atoms with Crippen molar-refractivity contribution in [3.63, 3.8) is 0 Å². The highest BCUT2D eigenvalue weighted by Gasteiger charge is 2.51. The van der Waals surface area contributed by atoms with Crippen LogP contribution in [0.3, 0.4) is 0 Å². The molecule has 34 heavy (non-hydrogen) atoms. The number of halogens is 2. The van der Waals surface area contributed by atoms with E-state index >= 15 is 0 Å². The summed E-state index contributed by atoms with van der Waals surface area (Å²) in [6, 6.07) is -2.57. The van der Waals surface area contributed by atoms with E-state index in [0.29, 0.717) is 16.9 Å². The zero-order chi connectivity index (χ0) is 25.0. The second-order valence-corrected chi connectivity index (χ2v) is 8.25. The lowest BCUT2D eigenvalue weighted by Gasteiger charge is -2.27. The Morgan fingerprint density at radius 3 is 2.74 bits per heavy atom. The largest absolute Gasteiger partial charge is 0.481 e. The molecule has 182 valence electrons. The van der Waals surface area contributed by atoms with Gasteiger partial charge in [-0.05, 0) is 37.0 Å². The highest BCUT2D eigenvalue weighted by molar-refractivity contribution is 5.99. The fraction of sp³-hybridized carbons (Fsp3) is 0.455. The molecule has 0 unspecified atom stereocenters. The molecule has 1 aromatic rings. The predicted molar refractivity (Wildman–Crippen MR) is 114 cm³/mol. The minimum absolute atomic E-state index is 0.130. The maximum atomic E-state index is 14.1. The molecule has 1 fully saturated rings. The molecule has 10 nitrogen and oxygen atoms in total. The first kappa shape index (κ1) is 24.9. The van der Waals surface area contributed by atoms with Crippen molar-refractivity contribution >= 4 is 36.1 Å². The summed E-state index contributed by atoms with van der Waals surface area (Å²) in [7, 11) is 0. The number of fused-ring (bicyclic) bond motifs is 1. The smallest absolute Gasteiger partial charge is 0.305 e. The van der Waals surface area contributed by atoms with Gasteiger partial charge in [0.25, 0.3) is 11.8 Å². The van der Waals surface area contributed by atoms with Crippen LogP contribution in [-0.2, 0) is 25.6 Å². The van der Waals surface area contributed by atoms with Crippen molar-refractivity contribution in [2.24, 2.45) is 0 Å². The number of aliphatic carboxylic acids is 1. The lowest BCUT2D eigenvalue weighted by Crippen LogP contribution is -2.54. The monoisotopic (exact) mass is 478 g/mol. The predicted octanol–water partition coefficient (Wildman–Crippen LogP) is 0.554. The molecule has 0 spiro atoms. The third-order valence-electron chi connectivity index (χ3n) is 5.63. The van der Waals surface area contributed by atoms with Gasteiger partial charge >= 0.3 is 5.97 Å². The van der Waals surface area contributed by atoms with Gasteiger partial charge in [0.15, 0.2) is 0 Å². The molecule has 3 rings (SSSR count). The molecule has 0 bridgehead atoms. The molecule has 1 aliphatic heterocycles. The van der Waals surface area contributed by atoms with Crippen LogP contribution in [0.1, 0.15) is 47.8 Å². The standard InChI is InChI=1S/C22H24F2N4O6/c1-12(26-20(33)18-15-5-3-2-4-13(15)6-7-25-18)21(34)28-11-22(23,24)9-16(28)19(32)27-14(10-29)8-17(30)31/h2,4,6-7,10,12,14,16H,3,5,8-9,11H2,1H3,(H,26,33)(H,27,32)(H,30,31)/t12-,14-,16-/m0/s1. The zero-order valence-electron chi connectivity index (χ0n) is 18.3. The van der Waals surface area contributed by atoms with Gasteiger partial charge in [0.05, 0.1) is 19.0 Å². The van der Waals surface area contributed by atoms with E-state index < -0.39 is 67.1 Å². The van der Waals surface area contributed by atoms with Crippen LogP contribution in [0, 0.1) is 0 Å². The van der Waals surface area contributed by atoms with E-state index in [1.807, 2.05) is 12.2 Å². The van der Waals surface area contributed by atoms with Crippen LogP contribution < -0.4 is 10.6 Å². The molecule has 3 atom stereocenters. The maximum Gasteiger partial charge on any atom is 0.305 e. The van der Waals surface area contributed by atoms with Crippen molar-refractivity contribution in [3.05, 3.63) is 35.2 Å². The Morgan fingerprint density at radius 1 is 1.32 bits per heavy atom. The summed E-state index contributed by atoms with van der Waals surface area (Å²) in [5.74, 6) is -7.39. The number of alkyl halides is 2. The Bertz CT molecular complexity index is 1040. The number of carbonyl (C=O) groups is 5. The normalized spacial score (nSPS) is 20.1. The summed E-state index contributed by atoms with van der Waals surface area (Å²) in [5, 5.41) is 13.3. The molecule has 0 saturated carbocycles. The van der Waals surface area contributed by atoms with E-state index in [1.165, 1.54) is 13.1 Å². The third-order valence-corrected chi connectivity index (χ3v) is 5.63. The van der Waals surface area contributed by atoms with E-state index in [9.17, 15) is 32.8 Å². The Labute approximate surface area is 193 Å². The first-order chi connectivity index (χ1) is 16.0. The van der Waals surface area contributed by atoms with Crippen molar-refractivity contribution in [3.8, 4) is 0 Å². The quantitative estimate of drug-likeness (QED) is 0.463. The fourth-order valence-electron chi connectivity index (χ4n) is 4.02. The van der Waals surface area contributed by atoms with E-state index in [1.54, 1.807) is 6.07 Å². The van der Waals surface area contributed by atoms with Gasteiger partial charge in [0, 0.05) is 12.6 Å². The topological polar surface area (TPSA) is 146 Å². The molecule has 0 aromatic carbocycles. The molecule has 12 heteroatoms. The van der Waals surface area contributed by atoms with Gasteiger partial charge < -0.3 is 25.4 Å². The minimum Gasteiger partial charge on any atom is -0.481 e. The van der Waals surface area contributed by atoms with Crippen molar-refractivity contribution in [2.75, 3.05) is 6.54 Å². The molecule has 0 radical (unpaired) electrons. The van der Waals surface area contributed by atoms with Gasteiger partial charge in [-0.2, -0.15) is 0 Å². The van der Waals surface area contributed by atoms with Crippen molar-refractivity contribution in [1.29, 1.82) is 0 Å². The molecule has 3 amide bonds. The number of aldehydes is 1. The number of amides is 3. The summed E-state index contributed by atoms with van der Waals surface area (Å²) < 4.78 is 28.3. The number of carbonyl (C=O) groups excluding carboxylic acids is 4. The zero-order valence-corrected chi connectivity index (χ0v) is 18.3. The number of carboxylic acid groups (broad SMARTS) is 1. The van der Waals surface area contributed by atoms with Gasteiger partial charge in [-0.25, -0.2) is 8.78 Å². The summed E-state index contributed by atoms with van der Waals surface area (Å²) in [6.45, 7) is 0.248. The number of carboxylic acids is 1. The fourth-order valence-corrected chi connectivity index (χ4v) is 4.02. The van der Waals surface area contributed by atoms with Gasteiger partial charge in [0.2, 0.25) is 11.8 Å². The van der Waals surface area contributed by atoms with Crippen LogP contribution in [0.2, 0.25) is 0 Å². The second kappa shape index (κ2) is 10.1. The number of nitrogens with one attached hydrogen (secondary N) is 2. The molecule has 1 aliphatic carbocycles. The number of rotatable bonds is 8. The minimum atomic E-state index is -3.38. The van der Waals surface area contributed by atoms with E-state index in [2.05, 4.69) is 15.6 Å². The molecule has 1 saturated heterocycles. The number of allylic oxidation sites excluding steroid dienone is 1. The summed E-state index contributed by atoms with van der Waals surface area (Å²) in [5.41, 5.74) is 1.67. The molecular weight excluding hydrogens is 454 g/mol. The second-order valence-electron chi connectivity index (χ2n) is 8.25. The van der Waals surface area contributed by atoms with Gasteiger partial charge in [0.1, 0.15) is 24.1 Å². The highest BCUT2D eigenvalue weighted by atomic mass is 19.3. The Balaban J connectivity index is 1.73. The Hall–Kier alpha value is -3.70. The molecule has 3 N–H and O–H groups in total. The van der Waals surface area contributed by atoms with Gasteiger partial charge in [-0.15, -0.1) is 0 Å². The van der Waals surface area contributed by atoms with Crippen LogP contribution in [0.4, 0.5) is 8.78 Å². The third kappa shape index (κ3) is 5.61. The van der Waals surface area contributed by atoms with Crippen LogP contribution in [0.5, 0.6) is 0 Å². The van der Waals surface area contributed by atoms with E-state index in [4.69, 9.17) is 5.11 Å². The SMILES string of the molecule is C[C@H](NC(=O)c1nccc2c1CCC=C2)C(=O)N1CC(F)(F)C[C@H]1C(=O)N[C@H](C=O)CC(=O)O. The number of hydrogen-bond donors (Lipinski definition) is 3. The van der Waals surface area contributed by atoms with Gasteiger partial charge in [-0.1, -0.05) is 12.2 Å². The number of nitrogens with zero attached hydrogens (tertiary/aromatic N) is 2. The average Bonchev–Trinajstić information content (AvgIpc) is 3.12. The first-order valence-corrected chi connectivity index (χ1v) is 10.6. The molecular formula is C22H24F2N4O6. The number of hydrogen-bond acceptors (Lipinski definition) is 6. The summed E-state index contributed by atoms with van der Waals surface area (Å²) >= 11 is 0.